The highest BCUT2D eigenvalue weighted by Crippen LogP contribution is 2.39. The molecule has 1 N–H and O–H groups in total. The molecule has 3 aromatic rings. The third-order valence-corrected chi connectivity index (χ3v) is 6.89. The Kier molecular flexibility index (Phi) is 6.18. The van der Waals surface area contributed by atoms with Crippen LogP contribution in [-0.4, -0.2) is 58.2 Å². The highest BCUT2D eigenvalue weighted by atomic mass is 16.5. The van der Waals surface area contributed by atoms with Crippen LogP contribution in [0.4, 0.5) is 0 Å². The standard InChI is InChI=1S/C28H28N2O4/c31-26(24-13-11-23(12-14-24)22-9-5-2-6-10-22)30-25(27(32)33)20-34-28(30)15-17-29(18-16-28)19-21-7-3-1-4-8-21/h1-14,25H,15-20H2,(H,32,33)/t25-/m1/s1. The number of ether oxygens (including phenoxy) is 1. The lowest BCUT2D eigenvalue weighted by atomic mass is 9.96. The molecule has 174 valence electrons. The summed E-state index contributed by atoms with van der Waals surface area (Å²) >= 11 is 0. The molecule has 0 bridgehead atoms. The molecule has 2 heterocycles. The van der Waals surface area contributed by atoms with Crippen molar-refractivity contribution in [2.45, 2.75) is 31.2 Å². The monoisotopic (exact) mass is 456 g/mol. The Morgan fingerprint density at radius 3 is 2.06 bits per heavy atom. The second-order valence-corrected chi connectivity index (χ2v) is 8.99. The molecule has 0 unspecified atom stereocenters. The first-order valence-corrected chi connectivity index (χ1v) is 11.7. The van der Waals surface area contributed by atoms with E-state index in [4.69, 9.17) is 4.74 Å². The topological polar surface area (TPSA) is 70.1 Å². The minimum Gasteiger partial charge on any atom is -0.480 e. The molecular weight excluding hydrogens is 428 g/mol. The highest BCUT2D eigenvalue weighted by molar-refractivity contribution is 5.98. The van der Waals surface area contributed by atoms with Gasteiger partial charge in [0.1, 0.15) is 5.72 Å². The number of carboxylic acids is 1. The van der Waals surface area contributed by atoms with E-state index in [1.54, 1.807) is 12.1 Å². The molecule has 0 saturated carbocycles. The van der Waals surface area contributed by atoms with Crippen molar-refractivity contribution in [2.24, 2.45) is 0 Å². The zero-order valence-corrected chi connectivity index (χ0v) is 19.0. The predicted molar refractivity (Wildman–Crippen MR) is 129 cm³/mol. The van der Waals surface area contributed by atoms with Gasteiger partial charge in [0.15, 0.2) is 6.04 Å². The van der Waals surface area contributed by atoms with E-state index in [1.807, 2.05) is 60.7 Å². The van der Waals surface area contributed by atoms with Gasteiger partial charge in [-0.2, -0.15) is 0 Å². The Hall–Kier alpha value is -3.48. The summed E-state index contributed by atoms with van der Waals surface area (Å²) in [5.74, 6) is -1.32. The number of amides is 1. The van der Waals surface area contributed by atoms with Gasteiger partial charge >= 0.3 is 5.97 Å². The molecule has 3 aromatic carbocycles. The number of benzene rings is 3. The quantitative estimate of drug-likeness (QED) is 0.621. The summed E-state index contributed by atoms with van der Waals surface area (Å²) in [6.07, 6.45) is 1.16. The van der Waals surface area contributed by atoms with Crippen LogP contribution < -0.4 is 0 Å². The molecule has 0 aromatic heterocycles. The average Bonchev–Trinajstić information content (AvgIpc) is 3.25. The second-order valence-electron chi connectivity index (χ2n) is 8.99. The lowest BCUT2D eigenvalue weighted by Crippen LogP contribution is -2.58. The number of carboxylic acid groups (broad SMARTS) is 1. The number of piperidine rings is 1. The first kappa shape index (κ1) is 22.3. The minimum absolute atomic E-state index is 0.0157. The van der Waals surface area contributed by atoms with Gasteiger partial charge in [-0.3, -0.25) is 14.6 Å². The van der Waals surface area contributed by atoms with Crippen molar-refractivity contribution >= 4 is 11.9 Å². The van der Waals surface area contributed by atoms with Crippen LogP contribution in [-0.2, 0) is 16.1 Å². The number of hydrogen-bond donors (Lipinski definition) is 1. The highest BCUT2D eigenvalue weighted by Gasteiger charge is 2.54. The van der Waals surface area contributed by atoms with Gasteiger partial charge in [0, 0.05) is 38.0 Å². The maximum atomic E-state index is 13.6. The second kappa shape index (κ2) is 9.41. The molecule has 1 atom stereocenters. The molecule has 6 heteroatoms. The van der Waals surface area contributed by atoms with Gasteiger partial charge in [0.2, 0.25) is 0 Å². The molecule has 6 nitrogen and oxygen atoms in total. The Balaban J connectivity index is 1.35. The van der Waals surface area contributed by atoms with Crippen molar-refractivity contribution < 1.29 is 19.4 Å². The molecule has 2 aliphatic rings. The molecule has 1 spiro atoms. The summed E-state index contributed by atoms with van der Waals surface area (Å²) in [6.45, 7) is 2.31. The van der Waals surface area contributed by atoms with E-state index in [-0.39, 0.29) is 12.5 Å². The lowest BCUT2D eigenvalue weighted by molar-refractivity contribution is -0.144. The summed E-state index contributed by atoms with van der Waals surface area (Å²) < 4.78 is 6.10. The van der Waals surface area contributed by atoms with Gasteiger partial charge in [-0.15, -0.1) is 0 Å². The van der Waals surface area contributed by atoms with E-state index in [9.17, 15) is 14.7 Å². The fraction of sp³-hybridized carbons (Fsp3) is 0.286. The summed E-state index contributed by atoms with van der Waals surface area (Å²) in [4.78, 5) is 29.5. The molecule has 5 rings (SSSR count). The van der Waals surface area contributed by atoms with Crippen molar-refractivity contribution in [1.82, 2.24) is 9.80 Å². The predicted octanol–water partition coefficient (Wildman–Crippen LogP) is 4.27. The molecule has 34 heavy (non-hydrogen) atoms. The number of nitrogens with zero attached hydrogens (tertiary/aromatic N) is 2. The summed E-state index contributed by atoms with van der Waals surface area (Å²) in [5.41, 5.74) is 2.90. The third kappa shape index (κ3) is 4.34. The summed E-state index contributed by atoms with van der Waals surface area (Å²) in [5, 5.41) is 9.85. The van der Waals surface area contributed by atoms with Crippen molar-refractivity contribution in [3.63, 3.8) is 0 Å². The van der Waals surface area contributed by atoms with Crippen molar-refractivity contribution in [2.75, 3.05) is 19.7 Å². The van der Waals surface area contributed by atoms with Crippen LogP contribution in [0.3, 0.4) is 0 Å². The van der Waals surface area contributed by atoms with Gasteiger partial charge in [-0.05, 0) is 28.8 Å². The Morgan fingerprint density at radius 2 is 1.44 bits per heavy atom. The molecular formula is C28H28N2O4. The fourth-order valence-electron chi connectivity index (χ4n) is 5.03. The van der Waals surface area contributed by atoms with Gasteiger partial charge in [-0.1, -0.05) is 72.8 Å². The maximum Gasteiger partial charge on any atom is 0.328 e. The van der Waals surface area contributed by atoms with Crippen LogP contribution in [0.2, 0.25) is 0 Å². The van der Waals surface area contributed by atoms with Gasteiger partial charge in [0.05, 0.1) is 6.61 Å². The van der Waals surface area contributed by atoms with Crippen LogP contribution in [0.15, 0.2) is 84.9 Å². The van der Waals surface area contributed by atoms with E-state index in [0.29, 0.717) is 18.4 Å². The fourth-order valence-corrected chi connectivity index (χ4v) is 5.03. The SMILES string of the molecule is O=C(O)[C@H]1COC2(CCN(Cc3ccccc3)CC2)N1C(=O)c1ccc(-c2ccccc2)cc1. The Morgan fingerprint density at radius 1 is 0.853 bits per heavy atom. The van der Waals surface area contributed by atoms with E-state index in [2.05, 4.69) is 17.0 Å². The largest absolute Gasteiger partial charge is 0.480 e. The molecule has 2 fully saturated rings. The van der Waals surface area contributed by atoms with Crippen LogP contribution in [0, 0.1) is 0 Å². The first-order valence-electron chi connectivity index (χ1n) is 11.7. The first-order chi connectivity index (χ1) is 16.6. The van der Waals surface area contributed by atoms with E-state index in [0.717, 1.165) is 30.8 Å². The normalized spacial score (nSPS) is 19.9. The van der Waals surface area contributed by atoms with Crippen molar-refractivity contribution in [3.05, 3.63) is 96.1 Å². The van der Waals surface area contributed by atoms with Crippen molar-refractivity contribution in [1.29, 1.82) is 0 Å². The van der Waals surface area contributed by atoms with Crippen LogP contribution in [0.25, 0.3) is 11.1 Å². The molecule has 0 radical (unpaired) electrons. The van der Waals surface area contributed by atoms with E-state index >= 15 is 0 Å². The summed E-state index contributed by atoms with van der Waals surface area (Å²) in [6, 6.07) is 26.6. The minimum atomic E-state index is -1.03. The zero-order valence-electron chi connectivity index (χ0n) is 19.0. The Labute approximate surface area is 199 Å². The van der Waals surface area contributed by atoms with E-state index in [1.165, 1.54) is 10.5 Å². The smallest absolute Gasteiger partial charge is 0.328 e. The molecule has 2 saturated heterocycles. The molecule has 0 aliphatic carbocycles. The number of aliphatic carboxylic acids is 1. The maximum absolute atomic E-state index is 13.6. The lowest BCUT2D eigenvalue weighted by Gasteiger charge is -2.44. The number of carbonyl (C=O) groups excluding carboxylic acids is 1. The van der Waals surface area contributed by atoms with Gasteiger partial charge in [-0.25, -0.2) is 4.79 Å². The molecule has 1 amide bonds. The van der Waals surface area contributed by atoms with Crippen molar-refractivity contribution in [3.8, 4) is 11.1 Å². The molecule has 2 aliphatic heterocycles. The number of likely N-dealkylation sites (tertiary alicyclic amines) is 1. The number of hydrogen-bond acceptors (Lipinski definition) is 4. The zero-order chi connectivity index (χ0) is 23.5. The van der Waals surface area contributed by atoms with Gasteiger partial charge < -0.3 is 9.84 Å². The number of rotatable bonds is 5. The average molecular weight is 457 g/mol. The van der Waals surface area contributed by atoms with Crippen LogP contribution >= 0.6 is 0 Å². The Bertz CT molecular complexity index is 1140. The van der Waals surface area contributed by atoms with Crippen LogP contribution in [0.1, 0.15) is 28.8 Å². The summed E-state index contributed by atoms with van der Waals surface area (Å²) in [7, 11) is 0. The van der Waals surface area contributed by atoms with Crippen LogP contribution in [0.5, 0.6) is 0 Å². The third-order valence-electron chi connectivity index (χ3n) is 6.89. The number of carbonyl (C=O) groups is 2. The van der Waals surface area contributed by atoms with E-state index < -0.39 is 17.7 Å². The van der Waals surface area contributed by atoms with Gasteiger partial charge in [0.25, 0.3) is 5.91 Å².